The van der Waals surface area contributed by atoms with Crippen LogP contribution in [0.1, 0.15) is 19.8 Å². The first-order chi connectivity index (χ1) is 7.58. The molecule has 0 aromatic carbocycles. The van der Waals surface area contributed by atoms with E-state index in [0.29, 0.717) is 19.6 Å². The molecule has 1 rings (SSSR count). The highest BCUT2D eigenvalue weighted by Gasteiger charge is 2.28. The Balaban J connectivity index is 2.36. The molecule has 0 bridgehead atoms. The molecule has 1 N–H and O–H groups in total. The zero-order valence-electron chi connectivity index (χ0n) is 10.1. The van der Waals surface area contributed by atoms with E-state index < -0.39 is 10.0 Å². The van der Waals surface area contributed by atoms with Crippen LogP contribution >= 0.6 is 0 Å². The fourth-order valence-electron chi connectivity index (χ4n) is 1.74. The number of nitrogens with one attached hydrogen (secondary N) is 1. The van der Waals surface area contributed by atoms with Crippen LogP contribution in [-0.2, 0) is 14.8 Å². The molecule has 0 amide bonds. The van der Waals surface area contributed by atoms with Gasteiger partial charge in [-0.25, -0.2) is 8.42 Å². The Morgan fingerprint density at radius 3 is 2.81 bits per heavy atom. The minimum atomic E-state index is -3.11. The van der Waals surface area contributed by atoms with Crippen LogP contribution in [0.5, 0.6) is 0 Å². The zero-order chi connectivity index (χ0) is 12.0. The molecule has 1 heterocycles. The van der Waals surface area contributed by atoms with Crippen LogP contribution in [0.3, 0.4) is 0 Å². The average Bonchev–Trinajstić information content (AvgIpc) is 2.76. The summed E-state index contributed by atoms with van der Waals surface area (Å²) in [6, 6.07) is 0.0316. The van der Waals surface area contributed by atoms with Gasteiger partial charge in [-0.1, -0.05) is 6.92 Å². The van der Waals surface area contributed by atoms with Gasteiger partial charge in [0, 0.05) is 13.7 Å². The topological polar surface area (TPSA) is 58.6 Å². The highest BCUT2D eigenvalue weighted by Crippen LogP contribution is 2.14. The molecule has 0 radical (unpaired) electrons. The number of rotatable bonds is 7. The van der Waals surface area contributed by atoms with Crippen molar-refractivity contribution in [2.75, 3.05) is 39.1 Å². The molecule has 0 spiro atoms. The second kappa shape index (κ2) is 6.54. The summed E-state index contributed by atoms with van der Waals surface area (Å²) in [5.74, 6) is 0.215. The van der Waals surface area contributed by atoms with Gasteiger partial charge >= 0.3 is 0 Å². The summed E-state index contributed by atoms with van der Waals surface area (Å²) in [5, 5.41) is 3.12. The maximum atomic E-state index is 11.9. The van der Waals surface area contributed by atoms with E-state index in [2.05, 4.69) is 5.32 Å². The lowest BCUT2D eigenvalue weighted by Gasteiger charge is -2.22. The van der Waals surface area contributed by atoms with E-state index >= 15 is 0 Å². The lowest BCUT2D eigenvalue weighted by Crippen LogP contribution is -2.39. The Morgan fingerprint density at radius 2 is 2.25 bits per heavy atom. The minimum absolute atomic E-state index is 0.0316. The van der Waals surface area contributed by atoms with Crippen molar-refractivity contribution < 1.29 is 13.2 Å². The fraction of sp³-hybridized carbons (Fsp3) is 1.00. The van der Waals surface area contributed by atoms with E-state index in [1.54, 1.807) is 7.05 Å². The van der Waals surface area contributed by atoms with Crippen molar-refractivity contribution in [3.05, 3.63) is 0 Å². The number of hydrogen-bond acceptors (Lipinski definition) is 4. The smallest absolute Gasteiger partial charge is 0.214 e. The van der Waals surface area contributed by atoms with E-state index in [1.807, 2.05) is 6.92 Å². The Bertz CT molecular complexity index is 286. The van der Waals surface area contributed by atoms with Gasteiger partial charge in [0.1, 0.15) is 0 Å². The molecule has 1 aliphatic heterocycles. The van der Waals surface area contributed by atoms with Crippen LogP contribution in [0.4, 0.5) is 0 Å². The van der Waals surface area contributed by atoms with Crippen molar-refractivity contribution >= 4 is 10.0 Å². The zero-order valence-corrected chi connectivity index (χ0v) is 10.9. The molecule has 0 aliphatic carbocycles. The lowest BCUT2D eigenvalue weighted by atomic mass is 10.3. The Morgan fingerprint density at radius 1 is 1.50 bits per heavy atom. The van der Waals surface area contributed by atoms with E-state index in [0.717, 1.165) is 19.5 Å². The van der Waals surface area contributed by atoms with Crippen LogP contribution in [0, 0.1) is 0 Å². The summed E-state index contributed by atoms with van der Waals surface area (Å²) in [4.78, 5) is 0. The first-order valence-corrected chi connectivity index (χ1v) is 7.43. The summed E-state index contributed by atoms with van der Waals surface area (Å²) in [6.07, 6.45) is 1.47. The fourth-order valence-corrected chi connectivity index (χ4v) is 3.15. The van der Waals surface area contributed by atoms with Crippen molar-refractivity contribution in [1.82, 2.24) is 9.62 Å². The largest absolute Gasteiger partial charge is 0.380 e. The highest BCUT2D eigenvalue weighted by atomic mass is 32.2. The number of hydrogen-bond donors (Lipinski definition) is 1. The van der Waals surface area contributed by atoms with Gasteiger partial charge in [-0.05, 0) is 25.9 Å². The van der Waals surface area contributed by atoms with Crippen LogP contribution in [0.2, 0.25) is 0 Å². The Hall–Kier alpha value is -0.170. The predicted octanol–water partition coefficient (Wildman–Crippen LogP) is 0.0365. The van der Waals surface area contributed by atoms with Gasteiger partial charge in [0.15, 0.2) is 0 Å². The molecule has 16 heavy (non-hydrogen) atoms. The Kier molecular flexibility index (Phi) is 5.68. The first-order valence-electron chi connectivity index (χ1n) is 5.82. The van der Waals surface area contributed by atoms with Gasteiger partial charge in [-0.15, -0.1) is 0 Å². The third-order valence-electron chi connectivity index (χ3n) is 2.86. The molecule has 5 nitrogen and oxygen atoms in total. The van der Waals surface area contributed by atoms with Crippen LogP contribution in [0.15, 0.2) is 0 Å². The third-order valence-corrected chi connectivity index (χ3v) is 4.84. The van der Waals surface area contributed by atoms with Crippen LogP contribution in [-0.4, -0.2) is 57.9 Å². The van der Waals surface area contributed by atoms with Crippen molar-refractivity contribution in [3.8, 4) is 0 Å². The molecule has 1 fully saturated rings. The number of nitrogens with zero attached hydrogens (tertiary/aromatic N) is 1. The van der Waals surface area contributed by atoms with Crippen molar-refractivity contribution in [3.63, 3.8) is 0 Å². The predicted molar refractivity (Wildman–Crippen MR) is 63.9 cm³/mol. The molecule has 0 saturated carbocycles. The van der Waals surface area contributed by atoms with Crippen molar-refractivity contribution in [2.45, 2.75) is 25.8 Å². The molecule has 0 aromatic rings. The summed E-state index contributed by atoms with van der Waals surface area (Å²) >= 11 is 0. The van der Waals surface area contributed by atoms with Crippen molar-refractivity contribution in [2.24, 2.45) is 0 Å². The van der Waals surface area contributed by atoms with Crippen LogP contribution in [0.25, 0.3) is 0 Å². The standard InChI is InChI=1S/C10H22N2O3S/c1-3-11-6-4-8-16(13,14)12(2)10-5-7-15-9-10/h10-11H,3-9H2,1-2H3. The van der Waals surface area contributed by atoms with Gasteiger partial charge in [0.2, 0.25) is 10.0 Å². The molecule has 1 unspecified atom stereocenters. The Labute approximate surface area is 98.2 Å². The molecular formula is C10H22N2O3S. The number of likely N-dealkylation sites (N-methyl/N-ethyl adjacent to an activating group) is 1. The molecule has 96 valence electrons. The van der Waals surface area contributed by atoms with Gasteiger partial charge < -0.3 is 10.1 Å². The normalized spacial score (nSPS) is 21.8. The second-order valence-electron chi connectivity index (χ2n) is 4.06. The van der Waals surface area contributed by atoms with Gasteiger partial charge in [0.25, 0.3) is 0 Å². The van der Waals surface area contributed by atoms with Gasteiger partial charge in [-0.3, -0.25) is 0 Å². The summed E-state index contributed by atoms with van der Waals surface area (Å²) in [7, 11) is -1.46. The highest BCUT2D eigenvalue weighted by molar-refractivity contribution is 7.89. The summed E-state index contributed by atoms with van der Waals surface area (Å²) in [6.45, 7) is 4.85. The van der Waals surface area contributed by atoms with E-state index in [1.165, 1.54) is 4.31 Å². The van der Waals surface area contributed by atoms with E-state index in [9.17, 15) is 8.42 Å². The molecule has 0 aromatic heterocycles. The quantitative estimate of drug-likeness (QED) is 0.648. The third kappa shape index (κ3) is 4.01. The van der Waals surface area contributed by atoms with E-state index in [-0.39, 0.29) is 11.8 Å². The summed E-state index contributed by atoms with van der Waals surface area (Å²) in [5.41, 5.74) is 0. The average molecular weight is 250 g/mol. The summed E-state index contributed by atoms with van der Waals surface area (Å²) < 4.78 is 30.5. The van der Waals surface area contributed by atoms with Gasteiger partial charge in [-0.2, -0.15) is 4.31 Å². The monoisotopic (exact) mass is 250 g/mol. The maximum Gasteiger partial charge on any atom is 0.214 e. The number of sulfonamides is 1. The molecular weight excluding hydrogens is 228 g/mol. The van der Waals surface area contributed by atoms with Gasteiger partial charge in [0.05, 0.1) is 18.4 Å². The second-order valence-corrected chi connectivity index (χ2v) is 6.20. The molecule has 1 aliphatic rings. The molecule has 1 atom stereocenters. The molecule has 6 heteroatoms. The lowest BCUT2D eigenvalue weighted by molar-refractivity contribution is 0.181. The first kappa shape index (κ1) is 13.9. The number of ether oxygens (including phenoxy) is 1. The van der Waals surface area contributed by atoms with Crippen molar-refractivity contribution in [1.29, 1.82) is 0 Å². The molecule has 1 saturated heterocycles. The maximum absolute atomic E-state index is 11.9. The SMILES string of the molecule is CCNCCCS(=O)(=O)N(C)C1CCOC1. The van der Waals surface area contributed by atoms with Crippen LogP contribution < -0.4 is 5.32 Å². The van der Waals surface area contributed by atoms with E-state index in [4.69, 9.17) is 4.74 Å². The minimum Gasteiger partial charge on any atom is -0.380 e.